The number of hydrogen-bond donors (Lipinski definition) is 2. The van der Waals surface area contributed by atoms with Crippen molar-refractivity contribution in [3.63, 3.8) is 0 Å². The Bertz CT molecular complexity index is 1480. The first-order valence-electron chi connectivity index (χ1n) is 11.1. The van der Waals surface area contributed by atoms with Crippen molar-refractivity contribution in [2.75, 3.05) is 24.9 Å². The zero-order valence-corrected chi connectivity index (χ0v) is 22.2. The third-order valence-corrected chi connectivity index (χ3v) is 7.35. The largest absolute Gasteiger partial charge is 0.465 e. The minimum Gasteiger partial charge on any atom is -0.465 e. The molecule has 2 aromatic carbocycles. The Hall–Kier alpha value is -3.76. The maximum atomic E-state index is 12.4. The number of methoxy groups -OCH3 is 2. The lowest BCUT2D eigenvalue weighted by Crippen LogP contribution is -2.21. The van der Waals surface area contributed by atoms with Crippen LogP contribution in [-0.4, -0.2) is 41.1 Å². The van der Waals surface area contributed by atoms with E-state index in [1.807, 2.05) is 36.7 Å². The molecule has 0 aliphatic carbocycles. The topological polar surface area (TPSA) is 94.5 Å². The predicted octanol–water partition coefficient (Wildman–Crippen LogP) is 5.45. The molecule has 186 valence electrons. The Morgan fingerprint density at radius 2 is 1.69 bits per heavy atom. The highest BCUT2D eigenvalue weighted by Crippen LogP contribution is 2.34. The number of rotatable bonds is 6. The van der Waals surface area contributed by atoms with Gasteiger partial charge in [0.05, 0.1) is 43.4 Å². The quantitative estimate of drug-likeness (QED) is 0.255. The smallest absolute Gasteiger partial charge is 0.348 e. The van der Waals surface area contributed by atoms with E-state index in [0.29, 0.717) is 22.0 Å². The van der Waals surface area contributed by atoms with Gasteiger partial charge in [0.15, 0.2) is 5.11 Å². The zero-order chi connectivity index (χ0) is 26.0. The highest BCUT2D eigenvalue weighted by atomic mass is 32.1. The molecule has 0 saturated heterocycles. The second kappa shape index (κ2) is 10.5. The van der Waals surface area contributed by atoms with Crippen LogP contribution in [0.1, 0.15) is 42.5 Å². The van der Waals surface area contributed by atoms with E-state index in [9.17, 15) is 9.59 Å². The van der Waals surface area contributed by atoms with E-state index in [1.54, 1.807) is 6.92 Å². The third-order valence-electron chi connectivity index (χ3n) is 5.95. The number of aromatic nitrogens is 2. The highest BCUT2D eigenvalue weighted by molar-refractivity contribution is 7.80. The molecule has 0 spiro atoms. The number of benzene rings is 2. The molecular weight excluding hydrogens is 496 g/mol. The number of aryl methyl sites for hydroxylation is 1. The van der Waals surface area contributed by atoms with Gasteiger partial charge in [-0.25, -0.2) is 9.59 Å². The second-order valence-corrected chi connectivity index (χ2v) is 9.59. The Morgan fingerprint density at radius 3 is 2.42 bits per heavy atom. The van der Waals surface area contributed by atoms with Crippen LogP contribution >= 0.6 is 23.6 Å². The fourth-order valence-electron chi connectivity index (χ4n) is 4.11. The van der Waals surface area contributed by atoms with Crippen molar-refractivity contribution in [3.05, 3.63) is 75.4 Å². The van der Waals surface area contributed by atoms with Gasteiger partial charge in [-0.3, -0.25) is 4.68 Å². The van der Waals surface area contributed by atoms with E-state index in [-0.39, 0.29) is 10.7 Å². The number of ether oxygens (including phenoxy) is 2. The number of fused-ring (bicyclic) bond motifs is 1. The molecule has 0 aliphatic heterocycles. The molecule has 36 heavy (non-hydrogen) atoms. The third kappa shape index (κ3) is 4.82. The molecule has 0 radical (unpaired) electrons. The van der Waals surface area contributed by atoms with Crippen LogP contribution in [-0.2, 0) is 16.0 Å². The molecule has 2 aromatic heterocycles. The number of thiophene rings is 1. The molecule has 0 bridgehead atoms. The van der Waals surface area contributed by atoms with Crippen LogP contribution in [0, 0.1) is 20.8 Å². The first-order valence-corrected chi connectivity index (χ1v) is 12.4. The zero-order valence-electron chi connectivity index (χ0n) is 20.6. The van der Waals surface area contributed by atoms with Crippen molar-refractivity contribution in [2.24, 2.45) is 0 Å². The van der Waals surface area contributed by atoms with E-state index in [1.165, 1.54) is 25.0 Å². The SMILES string of the molecule is COC(=O)c1sc(NC(=S)Nc2c(C)nn(Cc3cccc4ccccc34)c2C)c(C(=O)OC)c1C. The summed E-state index contributed by atoms with van der Waals surface area (Å²) in [6, 6.07) is 14.5. The van der Waals surface area contributed by atoms with Gasteiger partial charge in [-0.05, 0) is 54.9 Å². The van der Waals surface area contributed by atoms with E-state index in [2.05, 4.69) is 34.9 Å². The average Bonchev–Trinajstić information content (AvgIpc) is 3.33. The molecule has 0 unspecified atom stereocenters. The summed E-state index contributed by atoms with van der Waals surface area (Å²) in [5.74, 6) is -1.10. The lowest BCUT2D eigenvalue weighted by molar-refractivity contribution is 0.0601. The fraction of sp³-hybridized carbons (Fsp3) is 0.231. The summed E-state index contributed by atoms with van der Waals surface area (Å²) in [7, 11) is 2.58. The summed E-state index contributed by atoms with van der Waals surface area (Å²) < 4.78 is 11.7. The van der Waals surface area contributed by atoms with Gasteiger partial charge in [0.2, 0.25) is 0 Å². The summed E-state index contributed by atoms with van der Waals surface area (Å²) in [4.78, 5) is 24.9. The summed E-state index contributed by atoms with van der Waals surface area (Å²) in [6.07, 6.45) is 0. The average molecular weight is 523 g/mol. The summed E-state index contributed by atoms with van der Waals surface area (Å²) in [5.41, 5.74) is 4.34. The van der Waals surface area contributed by atoms with E-state index in [0.717, 1.165) is 34.0 Å². The number of thiocarbonyl (C=S) groups is 1. The van der Waals surface area contributed by atoms with Crippen molar-refractivity contribution in [3.8, 4) is 0 Å². The van der Waals surface area contributed by atoms with Gasteiger partial charge in [-0.15, -0.1) is 11.3 Å². The lowest BCUT2D eigenvalue weighted by atomic mass is 10.0. The van der Waals surface area contributed by atoms with Crippen LogP contribution in [0.2, 0.25) is 0 Å². The Morgan fingerprint density at radius 1 is 1.00 bits per heavy atom. The Balaban J connectivity index is 1.58. The van der Waals surface area contributed by atoms with Crippen LogP contribution in [0.25, 0.3) is 10.8 Å². The monoisotopic (exact) mass is 522 g/mol. The lowest BCUT2D eigenvalue weighted by Gasteiger charge is -2.12. The van der Waals surface area contributed by atoms with Gasteiger partial charge in [0.1, 0.15) is 9.88 Å². The Labute approximate surface area is 218 Å². The van der Waals surface area contributed by atoms with Crippen LogP contribution < -0.4 is 10.6 Å². The van der Waals surface area contributed by atoms with Crippen LogP contribution in [0.5, 0.6) is 0 Å². The van der Waals surface area contributed by atoms with Crippen LogP contribution in [0.15, 0.2) is 42.5 Å². The van der Waals surface area contributed by atoms with Crippen molar-refractivity contribution in [1.29, 1.82) is 0 Å². The van der Waals surface area contributed by atoms with Gasteiger partial charge in [-0.2, -0.15) is 5.10 Å². The minimum absolute atomic E-state index is 0.243. The van der Waals surface area contributed by atoms with E-state index in [4.69, 9.17) is 26.8 Å². The number of hydrogen-bond acceptors (Lipinski definition) is 7. The van der Waals surface area contributed by atoms with Gasteiger partial charge in [-0.1, -0.05) is 42.5 Å². The number of esters is 2. The van der Waals surface area contributed by atoms with Gasteiger partial charge >= 0.3 is 11.9 Å². The van der Waals surface area contributed by atoms with Gasteiger partial charge < -0.3 is 20.1 Å². The number of nitrogens with zero attached hydrogens (tertiary/aromatic N) is 2. The van der Waals surface area contributed by atoms with E-state index < -0.39 is 11.9 Å². The van der Waals surface area contributed by atoms with Crippen LogP contribution in [0.3, 0.4) is 0 Å². The van der Waals surface area contributed by atoms with Gasteiger partial charge in [0.25, 0.3) is 0 Å². The molecule has 4 aromatic rings. The van der Waals surface area contributed by atoms with Crippen molar-refractivity contribution >= 4 is 62.1 Å². The summed E-state index contributed by atoms with van der Waals surface area (Å²) in [5, 5.41) is 14.0. The highest BCUT2D eigenvalue weighted by Gasteiger charge is 2.26. The first-order chi connectivity index (χ1) is 17.2. The molecular formula is C26H26N4O4S2. The molecule has 2 heterocycles. The molecule has 0 atom stereocenters. The standard InChI is InChI=1S/C26H26N4O4S2/c1-14-20(24(31)33-4)23(36-22(14)25(32)34-5)28-26(35)27-21-15(2)29-30(16(21)3)13-18-11-8-10-17-9-6-7-12-19(17)18/h6-12H,13H2,1-5H3,(H2,27,28,35). The molecule has 0 aliphatic rings. The minimum atomic E-state index is -0.570. The maximum absolute atomic E-state index is 12.4. The van der Waals surface area contributed by atoms with E-state index >= 15 is 0 Å². The maximum Gasteiger partial charge on any atom is 0.348 e. The normalized spacial score (nSPS) is 10.8. The second-order valence-electron chi connectivity index (χ2n) is 8.16. The number of nitrogens with one attached hydrogen (secondary N) is 2. The Kier molecular flexibility index (Phi) is 7.37. The fourth-order valence-corrected chi connectivity index (χ4v) is 5.49. The van der Waals surface area contributed by atoms with Crippen molar-refractivity contribution in [2.45, 2.75) is 27.3 Å². The molecule has 4 rings (SSSR count). The molecule has 0 amide bonds. The number of anilines is 2. The summed E-state index contributed by atoms with van der Waals surface area (Å²) in [6.45, 7) is 6.15. The number of carbonyl (C=O) groups excluding carboxylic acids is 2. The first kappa shape index (κ1) is 25.3. The molecule has 10 heteroatoms. The van der Waals surface area contributed by atoms with Crippen LogP contribution in [0.4, 0.5) is 10.7 Å². The summed E-state index contributed by atoms with van der Waals surface area (Å²) >= 11 is 6.63. The predicted molar refractivity (Wildman–Crippen MR) is 146 cm³/mol. The van der Waals surface area contributed by atoms with Crippen molar-refractivity contribution in [1.82, 2.24) is 9.78 Å². The number of carbonyl (C=O) groups is 2. The van der Waals surface area contributed by atoms with Crippen molar-refractivity contribution < 1.29 is 19.1 Å². The molecule has 2 N–H and O–H groups in total. The molecule has 0 saturated carbocycles. The molecule has 8 nitrogen and oxygen atoms in total. The molecule has 0 fully saturated rings. The van der Waals surface area contributed by atoms with Gasteiger partial charge in [0, 0.05) is 0 Å².